The van der Waals surface area contributed by atoms with Crippen LogP contribution >= 0.6 is 0 Å². The summed E-state index contributed by atoms with van der Waals surface area (Å²) in [5, 5.41) is 0. The predicted octanol–water partition coefficient (Wildman–Crippen LogP) is 2.52. The highest BCUT2D eigenvalue weighted by Gasteiger charge is 2.30. The topological polar surface area (TPSA) is 96.7 Å². The smallest absolute Gasteiger partial charge is 0.320 e. The molecule has 0 unspecified atom stereocenters. The second-order valence-corrected chi connectivity index (χ2v) is 8.65. The van der Waals surface area contributed by atoms with Gasteiger partial charge in [0.05, 0.1) is 29.0 Å². The highest BCUT2D eigenvalue weighted by Crippen LogP contribution is 2.24. The molecule has 162 valence electrons. The van der Waals surface area contributed by atoms with E-state index < -0.39 is 16.6 Å². The van der Waals surface area contributed by atoms with E-state index in [4.69, 9.17) is 0 Å². The van der Waals surface area contributed by atoms with Crippen molar-refractivity contribution < 1.29 is 22.0 Å². The Hall–Kier alpha value is -3.34. The number of aliphatic imine (C=N–C) groups is 1. The number of carbonyl (C=O) groups is 1. The van der Waals surface area contributed by atoms with Gasteiger partial charge in [-0.2, -0.15) is 8.78 Å². The number of benzene rings is 2. The van der Waals surface area contributed by atoms with E-state index in [1.807, 2.05) is 0 Å². The van der Waals surface area contributed by atoms with Gasteiger partial charge in [0.1, 0.15) is 11.7 Å². The highest BCUT2D eigenvalue weighted by molar-refractivity contribution is 7.90. The normalized spacial score (nSPS) is 15.9. The van der Waals surface area contributed by atoms with Gasteiger partial charge in [-0.15, -0.1) is 0 Å². The average Bonchev–Trinajstić information content (AvgIpc) is 3.22. The number of rotatable bonds is 6. The summed E-state index contributed by atoms with van der Waals surface area (Å²) in [7, 11) is -2.15. The summed E-state index contributed by atoms with van der Waals surface area (Å²) >= 11 is 0. The fourth-order valence-electron chi connectivity index (χ4n) is 3.43. The Kier molecular flexibility index (Phi) is 5.44. The average molecular weight is 447 g/mol. The number of halogens is 2. The van der Waals surface area contributed by atoms with E-state index in [1.165, 1.54) is 18.0 Å². The van der Waals surface area contributed by atoms with Crippen LogP contribution < -0.4 is 4.72 Å². The van der Waals surface area contributed by atoms with Crippen molar-refractivity contribution in [3.63, 3.8) is 0 Å². The fraction of sp³-hybridized carbons (Fsp3) is 0.250. The van der Waals surface area contributed by atoms with Crippen molar-refractivity contribution in [3.8, 4) is 0 Å². The molecule has 1 amide bonds. The van der Waals surface area contributed by atoms with E-state index in [9.17, 15) is 22.0 Å². The second kappa shape index (κ2) is 8.06. The number of amidine groups is 1. The summed E-state index contributed by atoms with van der Waals surface area (Å²) in [5.41, 5.74) is 1.18. The number of nitrogens with one attached hydrogen (secondary N) is 1. The third-order valence-electron chi connectivity index (χ3n) is 4.93. The van der Waals surface area contributed by atoms with E-state index in [1.54, 1.807) is 42.5 Å². The molecule has 0 saturated heterocycles. The van der Waals surface area contributed by atoms with Crippen LogP contribution in [-0.4, -0.2) is 48.2 Å². The quantitative estimate of drug-likeness (QED) is 0.628. The van der Waals surface area contributed by atoms with Gasteiger partial charge in [0.25, 0.3) is 10.0 Å². The first-order valence-corrected chi connectivity index (χ1v) is 10.9. The number of hydrogen-bond acceptors (Lipinski definition) is 5. The molecular weight excluding hydrogens is 428 g/mol. The summed E-state index contributed by atoms with van der Waals surface area (Å²) < 4.78 is 54.5. The van der Waals surface area contributed by atoms with E-state index in [-0.39, 0.29) is 42.0 Å². The number of para-hydroxylation sites is 2. The third kappa shape index (κ3) is 4.00. The molecule has 8 nitrogen and oxygen atoms in total. The molecule has 0 spiro atoms. The lowest BCUT2D eigenvalue weighted by Crippen LogP contribution is -2.28. The lowest BCUT2D eigenvalue weighted by molar-refractivity contribution is -0.130. The van der Waals surface area contributed by atoms with Crippen molar-refractivity contribution in [3.05, 3.63) is 59.9 Å². The maximum absolute atomic E-state index is 13.5. The zero-order chi connectivity index (χ0) is 22.2. The zero-order valence-corrected chi connectivity index (χ0v) is 17.3. The van der Waals surface area contributed by atoms with Crippen LogP contribution in [0.1, 0.15) is 24.4 Å². The van der Waals surface area contributed by atoms with Crippen LogP contribution in [-0.2, 0) is 21.4 Å². The van der Waals surface area contributed by atoms with Crippen LogP contribution in [0, 0.1) is 0 Å². The van der Waals surface area contributed by atoms with Crippen molar-refractivity contribution in [2.24, 2.45) is 4.99 Å². The van der Waals surface area contributed by atoms with Gasteiger partial charge < -0.3 is 4.90 Å². The molecule has 4 rings (SSSR count). The molecule has 2 aromatic carbocycles. The van der Waals surface area contributed by atoms with Gasteiger partial charge in [0.2, 0.25) is 5.91 Å². The van der Waals surface area contributed by atoms with E-state index in [0.717, 1.165) is 4.57 Å². The monoisotopic (exact) mass is 447 g/mol. The molecule has 11 heteroatoms. The first-order valence-electron chi connectivity index (χ1n) is 9.42. The SMILES string of the molecule is CN(Cc1nc2ccccc2n1C(F)F)C(=O)CCN=C1NS(=O)(=O)c2ccccc21. The molecule has 0 aliphatic carbocycles. The number of fused-ring (bicyclic) bond motifs is 2. The van der Waals surface area contributed by atoms with Crippen LogP contribution in [0.5, 0.6) is 0 Å². The molecule has 0 bridgehead atoms. The molecule has 1 aliphatic heterocycles. The minimum absolute atomic E-state index is 0.0151. The number of alkyl halides is 2. The second-order valence-electron chi connectivity index (χ2n) is 7.00. The Labute approximate surface area is 177 Å². The lowest BCUT2D eigenvalue weighted by atomic mass is 10.2. The Bertz CT molecular complexity index is 1290. The van der Waals surface area contributed by atoms with Gasteiger partial charge in [-0.05, 0) is 24.3 Å². The Morgan fingerprint density at radius 3 is 2.68 bits per heavy atom. The number of carbonyl (C=O) groups excluding carboxylic acids is 1. The summed E-state index contributed by atoms with van der Waals surface area (Å²) in [4.78, 5) is 22.4. The van der Waals surface area contributed by atoms with Gasteiger partial charge in [0, 0.05) is 19.0 Å². The van der Waals surface area contributed by atoms with Crippen molar-refractivity contribution in [2.75, 3.05) is 13.6 Å². The zero-order valence-electron chi connectivity index (χ0n) is 16.5. The van der Waals surface area contributed by atoms with Crippen molar-refractivity contribution in [1.29, 1.82) is 0 Å². The molecule has 2 heterocycles. The van der Waals surface area contributed by atoms with Crippen LogP contribution in [0.3, 0.4) is 0 Å². The van der Waals surface area contributed by atoms with Gasteiger partial charge in [-0.25, -0.2) is 13.4 Å². The summed E-state index contributed by atoms with van der Waals surface area (Å²) in [6.45, 7) is -2.84. The molecule has 0 atom stereocenters. The Balaban J connectivity index is 1.44. The van der Waals surface area contributed by atoms with Gasteiger partial charge in [-0.1, -0.05) is 24.3 Å². The fourth-order valence-corrected chi connectivity index (χ4v) is 4.68. The number of amides is 1. The Morgan fingerprint density at radius 2 is 1.90 bits per heavy atom. The van der Waals surface area contributed by atoms with Crippen LogP contribution in [0.25, 0.3) is 11.0 Å². The number of nitrogens with zero attached hydrogens (tertiary/aromatic N) is 4. The standard InChI is InChI=1S/C20H19F2N5O3S/c1-26(12-17-24-14-7-3-4-8-15(14)27(17)20(21)22)18(28)10-11-23-19-13-6-2-5-9-16(13)31(29,30)25-19/h2-9,20H,10-12H2,1H3,(H,23,25). The van der Waals surface area contributed by atoms with Crippen molar-refractivity contribution in [1.82, 2.24) is 19.2 Å². The summed E-state index contributed by atoms with van der Waals surface area (Å²) in [6, 6.07) is 13.0. The minimum Gasteiger partial charge on any atom is -0.338 e. The first-order chi connectivity index (χ1) is 14.8. The maximum atomic E-state index is 13.5. The molecule has 31 heavy (non-hydrogen) atoms. The van der Waals surface area contributed by atoms with E-state index >= 15 is 0 Å². The number of aromatic nitrogens is 2. The Morgan fingerprint density at radius 1 is 1.19 bits per heavy atom. The molecule has 1 N–H and O–H groups in total. The van der Waals surface area contributed by atoms with E-state index in [0.29, 0.717) is 16.6 Å². The maximum Gasteiger partial charge on any atom is 0.320 e. The lowest BCUT2D eigenvalue weighted by Gasteiger charge is -2.17. The third-order valence-corrected chi connectivity index (χ3v) is 6.32. The molecule has 1 aromatic heterocycles. The number of imidazole rings is 1. The van der Waals surface area contributed by atoms with Crippen LogP contribution in [0.4, 0.5) is 8.78 Å². The van der Waals surface area contributed by atoms with Gasteiger partial charge in [-0.3, -0.25) is 19.1 Å². The predicted molar refractivity (Wildman–Crippen MR) is 110 cm³/mol. The van der Waals surface area contributed by atoms with E-state index in [2.05, 4.69) is 14.7 Å². The number of hydrogen-bond donors (Lipinski definition) is 1. The summed E-state index contributed by atoms with van der Waals surface area (Å²) in [6.07, 6.45) is -0.0151. The minimum atomic E-state index is -3.65. The molecule has 0 fully saturated rings. The van der Waals surface area contributed by atoms with Crippen molar-refractivity contribution in [2.45, 2.75) is 24.4 Å². The van der Waals surface area contributed by atoms with Crippen molar-refractivity contribution >= 4 is 32.8 Å². The summed E-state index contributed by atoms with van der Waals surface area (Å²) in [5.74, 6) is -0.0623. The number of sulfonamides is 1. The largest absolute Gasteiger partial charge is 0.338 e. The molecule has 3 aromatic rings. The molecule has 0 radical (unpaired) electrons. The highest BCUT2D eigenvalue weighted by atomic mass is 32.2. The molecular formula is C20H19F2N5O3S. The molecule has 0 saturated carbocycles. The van der Waals surface area contributed by atoms with Gasteiger partial charge >= 0.3 is 6.55 Å². The van der Waals surface area contributed by atoms with Crippen LogP contribution in [0.2, 0.25) is 0 Å². The first kappa shape index (κ1) is 20.9. The van der Waals surface area contributed by atoms with Gasteiger partial charge in [0.15, 0.2) is 0 Å². The van der Waals surface area contributed by atoms with Crippen LogP contribution in [0.15, 0.2) is 58.4 Å². The molecule has 1 aliphatic rings.